The lowest BCUT2D eigenvalue weighted by molar-refractivity contribution is 0.100. The molecule has 0 heterocycles. The van der Waals surface area contributed by atoms with Gasteiger partial charge in [-0.05, 0) is 31.0 Å². The van der Waals surface area contributed by atoms with Gasteiger partial charge in [0.2, 0.25) is 0 Å². The molecule has 1 aliphatic carbocycles. The van der Waals surface area contributed by atoms with E-state index in [1.165, 1.54) is 38.5 Å². The molecule has 0 aromatic heterocycles. The number of amides is 1. The highest BCUT2D eigenvalue weighted by atomic mass is 16.1. The summed E-state index contributed by atoms with van der Waals surface area (Å²) in [4.78, 5) is 11.2. The third-order valence-corrected chi connectivity index (χ3v) is 3.54. The zero-order valence-corrected chi connectivity index (χ0v) is 10.6. The molecule has 1 aromatic carbocycles. The Kier molecular flexibility index (Phi) is 4.07. The Bertz CT molecular complexity index is 423. The second kappa shape index (κ2) is 5.76. The van der Waals surface area contributed by atoms with Crippen LogP contribution in [0.15, 0.2) is 18.2 Å². The van der Waals surface area contributed by atoms with Crippen LogP contribution in [0, 0.1) is 0 Å². The normalized spacial score (nSPS) is 17.1. The van der Waals surface area contributed by atoms with E-state index in [1.54, 1.807) is 12.1 Å². The Labute approximate surface area is 108 Å². The van der Waals surface area contributed by atoms with Crippen molar-refractivity contribution in [3.05, 3.63) is 23.8 Å². The molecule has 18 heavy (non-hydrogen) atoms. The number of nitrogens with one attached hydrogen (secondary N) is 1. The fourth-order valence-electron chi connectivity index (χ4n) is 2.52. The number of anilines is 2. The van der Waals surface area contributed by atoms with E-state index >= 15 is 0 Å². The maximum atomic E-state index is 11.2. The highest BCUT2D eigenvalue weighted by Gasteiger charge is 2.13. The van der Waals surface area contributed by atoms with E-state index in [9.17, 15) is 4.79 Å². The minimum Gasteiger partial charge on any atom is -0.398 e. The number of benzene rings is 1. The van der Waals surface area contributed by atoms with Gasteiger partial charge in [0.1, 0.15) is 0 Å². The number of carbonyl (C=O) groups is 1. The van der Waals surface area contributed by atoms with Crippen LogP contribution in [0.4, 0.5) is 11.4 Å². The lowest BCUT2D eigenvalue weighted by Crippen LogP contribution is -2.19. The first-order valence-corrected chi connectivity index (χ1v) is 6.62. The average molecular weight is 247 g/mol. The Morgan fingerprint density at radius 1 is 1.17 bits per heavy atom. The summed E-state index contributed by atoms with van der Waals surface area (Å²) in [5.74, 6) is -0.475. The summed E-state index contributed by atoms with van der Waals surface area (Å²) in [6.45, 7) is 0. The molecule has 1 amide bonds. The summed E-state index contributed by atoms with van der Waals surface area (Å²) in [6.07, 6.45) is 7.58. The van der Waals surface area contributed by atoms with Gasteiger partial charge < -0.3 is 16.8 Å². The van der Waals surface area contributed by atoms with E-state index in [1.807, 2.05) is 6.07 Å². The number of hydrogen-bond donors (Lipinski definition) is 3. The molecule has 4 heteroatoms. The molecule has 4 nitrogen and oxygen atoms in total. The van der Waals surface area contributed by atoms with Gasteiger partial charge in [0, 0.05) is 17.4 Å². The standard InChI is InChI=1S/C14H21N3O/c15-13-8-7-11(9-12(13)14(16)18)17-10-5-3-1-2-4-6-10/h7-10,17H,1-6,15H2,(H2,16,18). The molecule has 2 rings (SSSR count). The summed E-state index contributed by atoms with van der Waals surface area (Å²) in [6, 6.07) is 5.89. The molecule has 98 valence electrons. The zero-order valence-electron chi connectivity index (χ0n) is 10.6. The van der Waals surface area contributed by atoms with Crippen molar-refractivity contribution in [2.24, 2.45) is 5.73 Å². The fraction of sp³-hybridized carbons (Fsp3) is 0.500. The van der Waals surface area contributed by atoms with E-state index in [2.05, 4.69) is 5.32 Å². The minimum absolute atomic E-state index is 0.397. The van der Waals surface area contributed by atoms with Gasteiger partial charge in [-0.2, -0.15) is 0 Å². The third-order valence-electron chi connectivity index (χ3n) is 3.54. The smallest absolute Gasteiger partial charge is 0.250 e. The summed E-state index contributed by atoms with van der Waals surface area (Å²) in [7, 11) is 0. The number of carbonyl (C=O) groups excluding carboxylic acids is 1. The molecule has 0 bridgehead atoms. The van der Waals surface area contributed by atoms with Gasteiger partial charge in [0.15, 0.2) is 0 Å². The Hall–Kier alpha value is -1.71. The highest BCUT2D eigenvalue weighted by Crippen LogP contribution is 2.23. The Morgan fingerprint density at radius 3 is 2.44 bits per heavy atom. The SMILES string of the molecule is NC(=O)c1cc(NC2CCCCCC2)ccc1N. The van der Waals surface area contributed by atoms with Crippen molar-refractivity contribution in [1.82, 2.24) is 0 Å². The Balaban J connectivity index is 2.08. The van der Waals surface area contributed by atoms with Crippen molar-refractivity contribution in [3.8, 4) is 0 Å². The van der Waals surface area contributed by atoms with Crippen molar-refractivity contribution >= 4 is 17.3 Å². The summed E-state index contributed by atoms with van der Waals surface area (Å²) >= 11 is 0. The molecule has 1 saturated carbocycles. The molecule has 1 aliphatic rings. The molecule has 5 N–H and O–H groups in total. The molecular formula is C14H21N3O. The zero-order chi connectivity index (χ0) is 13.0. The number of hydrogen-bond acceptors (Lipinski definition) is 3. The first-order valence-electron chi connectivity index (χ1n) is 6.62. The first-order chi connectivity index (χ1) is 8.66. The quantitative estimate of drug-likeness (QED) is 0.567. The molecule has 0 spiro atoms. The fourth-order valence-corrected chi connectivity index (χ4v) is 2.52. The highest BCUT2D eigenvalue weighted by molar-refractivity contribution is 5.98. The molecule has 1 fully saturated rings. The molecule has 1 aromatic rings. The van der Waals surface area contributed by atoms with E-state index in [0.717, 1.165) is 5.69 Å². The second-order valence-corrected chi connectivity index (χ2v) is 5.00. The Morgan fingerprint density at radius 2 is 1.83 bits per heavy atom. The van der Waals surface area contributed by atoms with Gasteiger partial charge >= 0.3 is 0 Å². The van der Waals surface area contributed by atoms with E-state index < -0.39 is 5.91 Å². The van der Waals surface area contributed by atoms with Crippen LogP contribution < -0.4 is 16.8 Å². The third kappa shape index (κ3) is 3.15. The van der Waals surface area contributed by atoms with Gasteiger partial charge in [0.25, 0.3) is 5.91 Å². The number of primary amides is 1. The van der Waals surface area contributed by atoms with Crippen LogP contribution in [0.2, 0.25) is 0 Å². The predicted molar refractivity (Wildman–Crippen MR) is 74.5 cm³/mol. The molecule has 0 radical (unpaired) electrons. The van der Waals surface area contributed by atoms with E-state index in [-0.39, 0.29) is 0 Å². The summed E-state index contributed by atoms with van der Waals surface area (Å²) in [5, 5.41) is 3.48. The van der Waals surface area contributed by atoms with Crippen LogP contribution in [0.3, 0.4) is 0 Å². The summed E-state index contributed by atoms with van der Waals surface area (Å²) < 4.78 is 0. The van der Waals surface area contributed by atoms with Crippen molar-refractivity contribution in [2.45, 2.75) is 44.6 Å². The van der Waals surface area contributed by atoms with E-state index in [4.69, 9.17) is 11.5 Å². The van der Waals surface area contributed by atoms with Crippen LogP contribution in [-0.2, 0) is 0 Å². The van der Waals surface area contributed by atoms with Gasteiger partial charge in [-0.3, -0.25) is 4.79 Å². The molecular weight excluding hydrogens is 226 g/mol. The van der Waals surface area contributed by atoms with Crippen LogP contribution >= 0.6 is 0 Å². The number of rotatable bonds is 3. The molecule has 0 saturated heterocycles. The largest absolute Gasteiger partial charge is 0.398 e. The first kappa shape index (κ1) is 12.7. The number of nitrogen functional groups attached to an aromatic ring is 1. The van der Waals surface area contributed by atoms with Gasteiger partial charge in [-0.15, -0.1) is 0 Å². The van der Waals surface area contributed by atoms with E-state index in [0.29, 0.717) is 17.3 Å². The van der Waals surface area contributed by atoms with Gasteiger partial charge in [-0.1, -0.05) is 25.7 Å². The van der Waals surface area contributed by atoms with Crippen molar-refractivity contribution in [3.63, 3.8) is 0 Å². The van der Waals surface area contributed by atoms with Crippen LogP contribution in [0.5, 0.6) is 0 Å². The molecule has 0 aliphatic heterocycles. The van der Waals surface area contributed by atoms with Gasteiger partial charge in [0.05, 0.1) is 5.56 Å². The lowest BCUT2D eigenvalue weighted by atomic mass is 10.1. The molecule has 0 unspecified atom stereocenters. The topological polar surface area (TPSA) is 81.1 Å². The van der Waals surface area contributed by atoms with Crippen LogP contribution in [0.25, 0.3) is 0 Å². The number of nitrogens with two attached hydrogens (primary N) is 2. The van der Waals surface area contributed by atoms with Gasteiger partial charge in [-0.25, -0.2) is 0 Å². The maximum absolute atomic E-state index is 11.2. The lowest BCUT2D eigenvalue weighted by Gasteiger charge is -2.18. The second-order valence-electron chi connectivity index (χ2n) is 5.00. The minimum atomic E-state index is -0.475. The van der Waals surface area contributed by atoms with Crippen molar-refractivity contribution in [2.75, 3.05) is 11.1 Å². The average Bonchev–Trinajstić information content (AvgIpc) is 2.60. The van der Waals surface area contributed by atoms with Crippen LogP contribution in [-0.4, -0.2) is 11.9 Å². The summed E-state index contributed by atoms with van der Waals surface area (Å²) in [5.41, 5.74) is 12.8. The van der Waals surface area contributed by atoms with Crippen LogP contribution in [0.1, 0.15) is 48.9 Å². The van der Waals surface area contributed by atoms with Crippen molar-refractivity contribution in [1.29, 1.82) is 0 Å². The maximum Gasteiger partial charge on any atom is 0.250 e. The van der Waals surface area contributed by atoms with Crippen molar-refractivity contribution < 1.29 is 4.79 Å². The predicted octanol–water partition coefficient (Wildman–Crippen LogP) is 2.50. The molecule has 0 atom stereocenters. The monoisotopic (exact) mass is 247 g/mol.